The van der Waals surface area contributed by atoms with Crippen LogP contribution in [0.5, 0.6) is 0 Å². The molecule has 0 saturated heterocycles. The minimum atomic E-state index is -4.30. The van der Waals surface area contributed by atoms with E-state index < -0.39 is 13.9 Å². The van der Waals surface area contributed by atoms with Crippen molar-refractivity contribution in [2.75, 3.05) is 54.1 Å². The van der Waals surface area contributed by atoms with Crippen molar-refractivity contribution in [2.45, 2.75) is 251 Å². The Bertz CT molecular complexity index is 1410. The molecule has 0 bridgehead atoms. The Morgan fingerprint density at radius 3 is 1.21 bits per heavy atom. The zero-order chi connectivity index (χ0) is 51.9. The third-order valence-corrected chi connectivity index (χ3v) is 13.5. The average molecular weight is 1020 g/mol. The fourth-order valence-corrected chi connectivity index (χ4v) is 8.75. The molecule has 0 spiro atoms. The molecule has 0 amide bonds. The molecule has 0 aliphatic heterocycles. The number of carbonyl (C=O) groups excluding carboxylic acids is 1. The first kappa shape index (κ1) is 68.7. The predicted octanol–water partition coefficient (Wildman–Crippen LogP) is 18.7. The number of carbonyl (C=O) groups is 1. The van der Waals surface area contributed by atoms with Crippen molar-refractivity contribution in [3.8, 4) is 0 Å². The molecule has 0 aromatic carbocycles. The molecule has 0 aromatic heterocycles. The molecule has 0 aliphatic carbocycles. The Morgan fingerprint density at radius 2 is 0.817 bits per heavy atom. The summed E-state index contributed by atoms with van der Waals surface area (Å²) in [5.41, 5.74) is 0. The summed E-state index contributed by atoms with van der Waals surface area (Å²) >= 11 is 0. The first-order valence-corrected chi connectivity index (χ1v) is 30.8. The molecule has 0 rings (SSSR count). The zero-order valence-electron chi connectivity index (χ0n) is 46.9. The minimum Gasteiger partial charge on any atom is -0.457 e. The van der Waals surface area contributed by atoms with Gasteiger partial charge < -0.3 is 18.9 Å². The van der Waals surface area contributed by atoms with E-state index in [0.717, 1.165) is 83.5 Å². The first-order valence-electron chi connectivity index (χ1n) is 29.3. The van der Waals surface area contributed by atoms with Gasteiger partial charge in [-0.1, -0.05) is 253 Å². The van der Waals surface area contributed by atoms with Gasteiger partial charge in [0.05, 0.1) is 34.4 Å². The molecule has 1 N–H and O–H groups in total. The summed E-state index contributed by atoms with van der Waals surface area (Å²) in [5.74, 6) is -0.344. The maximum Gasteiger partial charge on any atom is 0.472 e. The van der Waals surface area contributed by atoms with E-state index in [0.29, 0.717) is 17.6 Å². The molecule has 412 valence electrons. The summed E-state index contributed by atoms with van der Waals surface area (Å²) in [6.07, 6.45) is 73.7. The molecule has 9 heteroatoms. The second-order valence-electron chi connectivity index (χ2n) is 20.7. The number of esters is 1. The van der Waals surface area contributed by atoms with Gasteiger partial charge in [0.1, 0.15) is 19.3 Å². The van der Waals surface area contributed by atoms with E-state index in [1.165, 1.54) is 141 Å². The molecule has 0 fully saturated rings. The number of hydrogen-bond acceptors (Lipinski definition) is 6. The van der Waals surface area contributed by atoms with Gasteiger partial charge in [-0.3, -0.25) is 13.8 Å². The van der Waals surface area contributed by atoms with Crippen LogP contribution in [-0.2, 0) is 27.9 Å². The van der Waals surface area contributed by atoms with Gasteiger partial charge in [-0.2, -0.15) is 0 Å². The number of ether oxygens (including phenoxy) is 2. The Labute approximate surface area is 439 Å². The summed E-state index contributed by atoms with van der Waals surface area (Å²) in [7, 11) is 1.64. The van der Waals surface area contributed by atoms with Crippen molar-refractivity contribution in [3.05, 3.63) is 85.1 Å². The highest BCUT2D eigenvalue weighted by atomic mass is 31.2. The number of phosphoric acid groups is 1. The number of nitrogens with zero attached hydrogens (tertiary/aromatic N) is 1. The number of rotatable bonds is 54. The normalized spacial score (nSPS) is 14.1. The van der Waals surface area contributed by atoms with Crippen LogP contribution >= 0.6 is 7.82 Å². The number of likely N-dealkylation sites (N-methyl/N-ethyl adjacent to an activating group) is 1. The van der Waals surface area contributed by atoms with Crippen LogP contribution in [-0.4, -0.2) is 75.6 Å². The summed E-state index contributed by atoms with van der Waals surface area (Å²) in [6.45, 7) is 5.49. The lowest BCUT2D eigenvalue weighted by Crippen LogP contribution is -2.37. The molecular formula is C62H113NO7P+. The van der Waals surface area contributed by atoms with Crippen molar-refractivity contribution in [1.82, 2.24) is 0 Å². The molecular weight excluding hydrogens is 902 g/mol. The molecule has 0 heterocycles. The Kier molecular flexibility index (Phi) is 52.2. The van der Waals surface area contributed by atoms with Crippen molar-refractivity contribution in [2.24, 2.45) is 0 Å². The third-order valence-electron chi connectivity index (χ3n) is 12.5. The Morgan fingerprint density at radius 1 is 0.451 bits per heavy atom. The molecule has 0 radical (unpaired) electrons. The van der Waals surface area contributed by atoms with Gasteiger partial charge in [0.2, 0.25) is 0 Å². The predicted molar refractivity (Wildman–Crippen MR) is 307 cm³/mol. The van der Waals surface area contributed by atoms with Crippen molar-refractivity contribution in [1.29, 1.82) is 0 Å². The van der Waals surface area contributed by atoms with Crippen molar-refractivity contribution < 1.29 is 37.3 Å². The van der Waals surface area contributed by atoms with E-state index in [-0.39, 0.29) is 32.2 Å². The fourth-order valence-electron chi connectivity index (χ4n) is 8.01. The summed E-state index contributed by atoms with van der Waals surface area (Å²) in [6, 6.07) is 0. The highest BCUT2D eigenvalue weighted by Gasteiger charge is 2.26. The zero-order valence-corrected chi connectivity index (χ0v) is 47.8. The molecule has 0 aliphatic rings. The number of quaternary nitrogens is 1. The highest BCUT2D eigenvalue weighted by Crippen LogP contribution is 2.43. The van der Waals surface area contributed by atoms with E-state index in [1.54, 1.807) is 0 Å². The lowest BCUT2D eigenvalue weighted by molar-refractivity contribution is -0.870. The molecule has 0 saturated carbocycles. The number of hydrogen-bond donors (Lipinski definition) is 1. The molecule has 2 atom stereocenters. The van der Waals surface area contributed by atoms with E-state index in [1.807, 2.05) is 21.1 Å². The summed E-state index contributed by atoms with van der Waals surface area (Å²) in [5, 5.41) is 0. The highest BCUT2D eigenvalue weighted by molar-refractivity contribution is 7.47. The monoisotopic (exact) mass is 1010 g/mol. The van der Waals surface area contributed by atoms with Gasteiger partial charge in [-0.15, -0.1) is 0 Å². The van der Waals surface area contributed by atoms with Crippen LogP contribution in [0.2, 0.25) is 0 Å². The SMILES string of the molecule is CC/C=C\C/C=C\C/C=C\C/C=C\C/C=C\C/C=C\C/C=C\CCCCCC(=O)OC(COCCCCCCCCCCCCCCCCCCCCCCCCCC)COP(=O)(O)OCC[N+](C)(C)C. The maximum atomic E-state index is 12.8. The fraction of sp³-hybridized carbons (Fsp3) is 0.758. The van der Waals surface area contributed by atoms with E-state index in [4.69, 9.17) is 18.5 Å². The lowest BCUT2D eigenvalue weighted by Gasteiger charge is -2.24. The topological polar surface area (TPSA) is 91.3 Å². The van der Waals surface area contributed by atoms with Gasteiger partial charge in [-0.25, -0.2) is 4.57 Å². The standard InChI is InChI=1S/C62H112NO7P/c1-6-8-10-12-14-16-18-20-22-24-26-28-30-32-33-35-37-39-41-43-45-47-49-51-53-55-62(64)70-61(60-69-71(65,66)68-58-56-63(3,4)5)59-67-57-54-52-50-48-46-44-42-40-38-36-34-31-29-27-25-23-21-19-17-15-13-11-9-7-2/h8,10,14,16,20,22,26,28,32-33,37,39,43,45,61H,6-7,9,11-13,15,17-19,21,23-25,27,29-31,34-36,38,40-42,44,46-60H2,1-5H3/p+1/b10-8-,16-14-,22-20-,28-26-,33-32-,39-37-,45-43-. The third kappa shape index (κ3) is 58.4. The second kappa shape index (κ2) is 54.0. The maximum absolute atomic E-state index is 12.8. The van der Waals surface area contributed by atoms with Crippen LogP contribution in [0.25, 0.3) is 0 Å². The van der Waals surface area contributed by atoms with E-state index >= 15 is 0 Å². The van der Waals surface area contributed by atoms with Crippen LogP contribution in [0.1, 0.15) is 245 Å². The summed E-state index contributed by atoms with van der Waals surface area (Å²) in [4.78, 5) is 23.1. The summed E-state index contributed by atoms with van der Waals surface area (Å²) < 4.78 is 35.2. The van der Waals surface area contributed by atoms with Gasteiger partial charge in [-0.05, 0) is 70.6 Å². The minimum absolute atomic E-state index is 0.0789. The number of unbranched alkanes of at least 4 members (excludes halogenated alkanes) is 26. The number of allylic oxidation sites excluding steroid dienone is 14. The van der Waals surface area contributed by atoms with Gasteiger partial charge >= 0.3 is 13.8 Å². The van der Waals surface area contributed by atoms with Gasteiger partial charge in [0.15, 0.2) is 0 Å². The van der Waals surface area contributed by atoms with Crippen LogP contribution in [0.3, 0.4) is 0 Å². The van der Waals surface area contributed by atoms with E-state index in [9.17, 15) is 14.3 Å². The quantitative estimate of drug-likeness (QED) is 0.0213. The van der Waals surface area contributed by atoms with Gasteiger partial charge in [0.25, 0.3) is 0 Å². The molecule has 0 aromatic rings. The van der Waals surface area contributed by atoms with Crippen LogP contribution < -0.4 is 0 Å². The van der Waals surface area contributed by atoms with Crippen LogP contribution in [0.15, 0.2) is 85.1 Å². The second-order valence-corrected chi connectivity index (χ2v) is 22.1. The van der Waals surface area contributed by atoms with Gasteiger partial charge in [0, 0.05) is 13.0 Å². The molecule has 71 heavy (non-hydrogen) atoms. The van der Waals surface area contributed by atoms with Crippen molar-refractivity contribution >= 4 is 13.8 Å². The largest absolute Gasteiger partial charge is 0.472 e. The first-order chi connectivity index (χ1) is 34.6. The Hall–Kier alpha value is -2.32. The van der Waals surface area contributed by atoms with E-state index in [2.05, 4.69) is 98.9 Å². The number of phosphoric ester groups is 1. The van der Waals surface area contributed by atoms with Crippen LogP contribution in [0.4, 0.5) is 0 Å². The van der Waals surface area contributed by atoms with Crippen LogP contribution in [0, 0.1) is 0 Å². The Balaban J connectivity index is 4.15. The lowest BCUT2D eigenvalue weighted by atomic mass is 10.0. The van der Waals surface area contributed by atoms with Crippen molar-refractivity contribution in [3.63, 3.8) is 0 Å². The smallest absolute Gasteiger partial charge is 0.457 e. The average Bonchev–Trinajstić information content (AvgIpc) is 3.33. The molecule has 2 unspecified atom stereocenters. The molecule has 8 nitrogen and oxygen atoms in total.